The van der Waals surface area contributed by atoms with E-state index in [1.165, 1.54) is 12.1 Å². The van der Waals surface area contributed by atoms with E-state index in [1.54, 1.807) is 6.07 Å². The Balaban J connectivity index is 0.00000196. The van der Waals surface area contributed by atoms with Gasteiger partial charge in [-0.05, 0) is 35.6 Å². The molecule has 86 valence electrons. The Labute approximate surface area is 97.3 Å². The van der Waals surface area contributed by atoms with Gasteiger partial charge in [0.05, 0.1) is 0 Å². The second kappa shape index (κ2) is 4.95. The summed E-state index contributed by atoms with van der Waals surface area (Å²) in [7, 11) is 0. The van der Waals surface area contributed by atoms with Gasteiger partial charge in [0, 0.05) is 6.04 Å². The lowest BCUT2D eigenvalue weighted by Gasteiger charge is -2.28. The van der Waals surface area contributed by atoms with Crippen LogP contribution in [0.25, 0.3) is 0 Å². The Bertz CT molecular complexity index is 331. The van der Waals surface area contributed by atoms with E-state index in [2.05, 4.69) is 20.8 Å². The molecule has 15 heavy (non-hydrogen) atoms. The zero-order valence-electron chi connectivity index (χ0n) is 9.67. The molecule has 3 heteroatoms. The zero-order chi connectivity index (χ0) is 10.9. The fourth-order valence-corrected chi connectivity index (χ4v) is 1.41. The minimum atomic E-state index is -0.217. The Kier molecular flexibility index (Phi) is 4.75. The molecule has 0 spiro atoms. The molecule has 1 rings (SSSR count). The van der Waals surface area contributed by atoms with Crippen molar-refractivity contribution in [3.05, 3.63) is 35.1 Å². The van der Waals surface area contributed by atoms with E-state index >= 15 is 0 Å². The first-order valence-corrected chi connectivity index (χ1v) is 4.84. The van der Waals surface area contributed by atoms with Crippen LogP contribution >= 0.6 is 12.4 Å². The third kappa shape index (κ3) is 3.47. The average molecular weight is 232 g/mol. The molecule has 0 amide bonds. The summed E-state index contributed by atoms with van der Waals surface area (Å²) < 4.78 is 13.0. The molecule has 2 N–H and O–H groups in total. The molecule has 1 aromatic carbocycles. The molecule has 0 saturated heterocycles. The van der Waals surface area contributed by atoms with Crippen LogP contribution in [0.5, 0.6) is 0 Å². The van der Waals surface area contributed by atoms with Crippen LogP contribution in [0.1, 0.15) is 37.9 Å². The number of hydrogen-bond donors (Lipinski definition) is 1. The second-order valence-corrected chi connectivity index (χ2v) is 4.84. The van der Waals surface area contributed by atoms with E-state index in [-0.39, 0.29) is 29.7 Å². The van der Waals surface area contributed by atoms with Crippen molar-refractivity contribution in [2.24, 2.45) is 11.1 Å². The van der Waals surface area contributed by atoms with Gasteiger partial charge in [-0.25, -0.2) is 4.39 Å². The minimum absolute atomic E-state index is 0. The molecular formula is C12H19ClFN. The van der Waals surface area contributed by atoms with Gasteiger partial charge in [0.25, 0.3) is 0 Å². The highest BCUT2D eigenvalue weighted by Gasteiger charge is 2.23. The molecule has 0 aliphatic rings. The normalized spacial score (nSPS) is 13.2. The van der Waals surface area contributed by atoms with Gasteiger partial charge in [0.2, 0.25) is 0 Å². The summed E-state index contributed by atoms with van der Waals surface area (Å²) in [4.78, 5) is 0. The molecule has 0 saturated carbocycles. The van der Waals surface area contributed by atoms with Gasteiger partial charge in [-0.2, -0.15) is 0 Å². The van der Waals surface area contributed by atoms with E-state index in [0.29, 0.717) is 0 Å². The van der Waals surface area contributed by atoms with Crippen molar-refractivity contribution < 1.29 is 4.39 Å². The number of hydrogen-bond acceptors (Lipinski definition) is 1. The van der Waals surface area contributed by atoms with Crippen molar-refractivity contribution in [3.63, 3.8) is 0 Å². The summed E-state index contributed by atoms with van der Waals surface area (Å²) in [5, 5.41) is 0. The molecule has 1 aromatic rings. The SMILES string of the molecule is Cc1ccc(F)cc1[C@H](N)C(C)(C)C.Cl. The summed E-state index contributed by atoms with van der Waals surface area (Å²) in [6.45, 7) is 8.13. The molecule has 0 fully saturated rings. The van der Waals surface area contributed by atoms with Crippen LogP contribution in [0, 0.1) is 18.2 Å². The molecule has 0 unspecified atom stereocenters. The summed E-state index contributed by atoms with van der Waals surface area (Å²) in [6.07, 6.45) is 0. The largest absolute Gasteiger partial charge is 0.324 e. The van der Waals surface area contributed by atoms with Crippen LogP contribution in [0.4, 0.5) is 4.39 Å². The monoisotopic (exact) mass is 231 g/mol. The third-order valence-electron chi connectivity index (χ3n) is 2.51. The molecule has 0 aliphatic heterocycles. The van der Waals surface area contributed by atoms with Gasteiger partial charge >= 0.3 is 0 Å². The molecule has 0 bridgehead atoms. The van der Waals surface area contributed by atoms with Crippen molar-refractivity contribution >= 4 is 12.4 Å². The summed E-state index contributed by atoms with van der Waals surface area (Å²) in [6, 6.07) is 4.65. The van der Waals surface area contributed by atoms with Gasteiger partial charge < -0.3 is 5.73 Å². The van der Waals surface area contributed by atoms with Crippen molar-refractivity contribution in [2.45, 2.75) is 33.7 Å². The van der Waals surface area contributed by atoms with E-state index in [4.69, 9.17) is 5.73 Å². The first-order valence-electron chi connectivity index (χ1n) is 4.84. The van der Waals surface area contributed by atoms with E-state index in [9.17, 15) is 4.39 Å². The lowest BCUT2D eigenvalue weighted by molar-refractivity contribution is 0.325. The quantitative estimate of drug-likeness (QED) is 0.785. The smallest absolute Gasteiger partial charge is 0.123 e. The summed E-state index contributed by atoms with van der Waals surface area (Å²) in [5.74, 6) is -0.217. The maximum atomic E-state index is 13.0. The fourth-order valence-electron chi connectivity index (χ4n) is 1.41. The maximum absolute atomic E-state index is 13.0. The van der Waals surface area contributed by atoms with Crippen molar-refractivity contribution in [2.75, 3.05) is 0 Å². The Morgan fingerprint density at radius 2 is 1.80 bits per heavy atom. The van der Waals surface area contributed by atoms with Crippen molar-refractivity contribution in [1.29, 1.82) is 0 Å². The highest BCUT2D eigenvalue weighted by atomic mass is 35.5. The fraction of sp³-hybridized carbons (Fsp3) is 0.500. The first kappa shape index (κ1) is 14.4. The van der Waals surface area contributed by atoms with Crippen molar-refractivity contribution in [1.82, 2.24) is 0 Å². The highest BCUT2D eigenvalue weighted by molar-refractivity contribution is 5.85. The van der Waals surface area contributed by atoms with Crippen LogP contribution in [-0.2, 0) is 0 Å². The Morgan fingerprint density at radius 3 is 2.27 bits per heavy atom. The minimum Gasteiger partial charge on any atom is -0.324 e. The van der Waals surface area contributed by atoms with Crippen LogP contribution < -0.4 is 5.73 Å². The third-order valence-corrected chi connectivity index (χ3v) is 2.51. The standard InChI is InChI=1S/C12H18FN.ClH/c1-8-5-6-9(13)7-10(8)11(14)12(2,3)4;/h5-7,11H,14H2,1-4H3;1H/t11-;/m0./s1. The topological polar surface area (TPSA) is 26.0 Å². The molecule has 0 heterocycles. The van der Waals surface area contributed by atoms with Gasteiger partial charge in [-0.15, -0.1) is 12.4 Å². The lowest BCUT2D eigenvalue weighted by atomic mass is 9.81. The number of aryl methyl sites for hydroxylation is 1. The zero-order valence-corrected chi connectivity index (χ0v) is 10.5. The highest BCUT2D eigenvalue weighted by Crippen LogP contribution is 2.32. The number of rotatable bonds is 1. The van der Waals surface area contributed by atoms with E-state index in [1.807, 2.05) is 6.92 Å². The van der Waals surface area contributed by atoms with Gasteiger partial charge in [-0.3, -0.25) is 0 Å². The van der Waals surface area contributed by atoms with Gasteiger partial charge in [0.1, 0.15) is 5.82 Å². The summed E-state index contributed by atoms with van der Waals surface area (Å²) >= 11 is 0. The number of halogens is 2. The average Bonchev–Trinajstić information content (AvgIpc) is 2.06. The molecule has 0 aromatic heterocycles. The van der Waals surface area contributed by atoms with Gasteiger partial charge in [-0.1, -0.05) is 26.8 Å². The molecule has 1 atom stereocenters. The van der Waals surface area contributed by atoms with Gasteiger partial charge in [0.15, 0.2) is 0 Å². The first-order chi connectivity index (χ1) is 6.32. The predicted octanol–water partition coefficient (Wildman–Crippen LogP) is 3.60. The Morgan fingerprint density at radius 1 is 1.27 bits per heavy atom. The summed E-state index contributed by atoms with van der Waals surface area (Å²) in [5.41, 5.74) is 7.98. The maximum Gasteiger partial charge on any atom is 0.123 e. The second-order valence-electron chi connectivity index (χ2n) is 4.84. The molecular weight excluding hydrogens is 213 g/mol. The van der Waals surface area contributed by atoms with Crippen LogP contribution in [-0.4, -0.2) is 0 Å². The van der Waals surface area contributed by atoms with E-state index < -0.39 is 0 Å². The molecule has 0 aliphatic carbocycles. The Hall–Kier alpha value is -0.600. The van der Waals surface area contributed by atoms with Crippen LogP contribution in [0.15, 0.2) is 18.2 Å². The number of nitrogens with two attached hydrogens (primary N) is 1. The van der Waals surface area contributed by atoms with Crippen LogP contribution in [0.2, 0.25) is 0 Å². The molecule has 1 nitrogen and oxygen atoms in total. The number of benzene rings is 1. The molecule has 0 radical (unpaired) electrons. The predicted molar refractivity (Wildman–Crippen MR) is 64.8 cm³/mol. The van der Waals surface area contributed by atoms with Crippen molar-refractivity contribution in [3.8, 4) is 0 Å². The lowest BCUT2D eigenvalue weighted by Crippen LogP contribution is -2.27. The van der Waals surface area contributed by atoms with Crippen LogP contribution in [0.3, 0.4) is 0 Å². The van der Waals surface area contributed by atoms with E-state index in [0.717, 1.165) is 11.1 Å².